The molecule has 80 valence electrons. The topological polar surface area (TPSA) is 64.4 Å². The molecule has 0 aliphatic carbocycles. The maximum atomic E-state index is 11.3. The molecule has 0 aromatic carbocycles. The van der Waals surface area contributed by atoms with Crippen LogP contribution in [-0.2, 0) is 9.53 Å². The monoisotopic (exact) mass is 198 g/mol. The Morgan fingerprint density at radius 1 is 1.71 bits per heavy atom. The molecule has 3 N–H and O–H groups in total. The summed E-state index contributed by atoms with van der Waals surface area (Å²) >= 11 is 0. The number of nitrogens with one attached hydrogen (secondary N) is 1. The van der Waals surface area contributed by atoms with Crippen molar-refractivity contribution >= 4 is 5.91 Å². The first-order valence-corrected chi connectivity index (χ1v) is 4.60. The molecule has 2 atom stereocenters. The Morgan fingerprint density at radius 3 is 2.86 bits per heavy atom. The lowest BCUT2D eigenvalue weighted by atomic mass is 10.2. The van der Waals surface area contributed by atoms with Crippen molar-refractivity contribution < 1.29 is 9.53 Å². The molecular weight excluding hydrogens is 180 g/mol. The van der Waals surface area contributed by atoms with Crippen LogP contribution in [0.4, 0.5) is 0 Å². The Balaban J connectivity index is 3.76. The lowest BCUT2D eigenvalue weighted by Gasteiger charge is -2.15. The molecule has 0 heterocycles. The van der Waals surface area contributed by atoms with Crippen molar-refractivity contribution in [3.63, 3.8) is 0 Å². The number of rotatable bonds is 6. The van der Waals surface area contributed by atoms with E-state index < -0.39 is 6.04 Å². The molecule has 0 aliphatic heterocycles. The molecule has 1 amide bonds. The third-order valence-corrected chi connectivity index (χ3v) is 1.82. The smallest absolute Gasteiger partial charge is 0.238 e. The highest BCUT2D eigenvalue weighted by Gasteiger charge is 2.13. The third-order valence-electron chi connectivity index (χ3n) is 1.82. The van der Waals surface area contributed by atoms with Crippen LogP contribution in [-0.4, -0.2) is 31.7 Å². The molecule has 14 heavy (non-hydrogen) atoms. The van der Waals surface area contributed by atoms with Crippen LogP contribution in [0.5, 0.6) is 0 Å². The first-order valence-electron chi connectivity index (χ1n) is 4.60. The van der Waals surface area contributed by atoms with Gasteiger partial charge in [-0.05, 0) is 13.3 Å². The van der Waals surface area contributed by atoms with Crippen LogP contribution >= 0.6 is 0 Å². The molecule has 0 rings (SSSR count). The van der Waals surface area contributed by atoms with E-state index >= 15 is 0 Å². The van der Waals surface area contributed by atoms with E-state index in [1.54, 1.807) is 7.11 Å². The second-order valence-corrected chi connectivity index (χ2v) is 3.21. The maximum absolute atomic E-state index is 11.3. The van der Waals surface area contributed by atoms with Crippen molar-refractivity contribution in [3.8, 4) is 12.3 Å². The van der Waals surface area contributed by atoms with Gasteiger partial charge in [-0.2, -0.15) is 0 Å². The van der Waals surface area contributed by atoms with Gasteiger partial charge in [0.25, 0.3) is 0 Å². The van der Waals surface area contributed by atoms with Gasteiger partial charge in [-0.15, -0.1) is 12.3 Å². The van der Waals surface area contributed by atoms with Crippen molar-refractivity contribution in [2.24, 2.45) is 5.73 Å². The number of methoxy groups -OCH3 is 1. The van der Waals surface area contributed by atoms with E-state index in [4.69, 9.17) is 16.9 Å². The van der Waals surface area contributed by atoms with E-state index in [2.05, 4.69) is 11.2 Å². The highest BCUT2D eigenvalue weighted by Crippen LogP contribution is 1.93. The quantitative estimate of drug-likeness (QED) is 0.585. The van der Waals surface area contributed by atoms with Gasteiger partial charge in [0.15, 0.2) is 0 Å². The second-order valence-electron chi connectivity index (χ2n) is 3.21. The molecule has 0 aliphatic rings. The number of hydrogen-bond acceptors (Lipinski definition) is 3. The maximum Gasteiger partial charge on any atom is 0.238 e. The van der Waals surface area contributed by atoms with E-state index in [1.165, 1.54) is 0 Å². The fraction of sp³-hybridized carbons (Fsp3) is 0.700. The summed E-state index contributed by atoms with van der Waals surface area (Å²) in [5.74, 6) is 2.15. The van der Waals surface area contributed by atoms with Crippen LogP contribution in [0.2, 0.25) is 0 Å². The van der Waals surface area contributed by atoms with Gasteiger partial charge >= 0.3 is 0 Å². The van der Waals surface area contributed by atoms with Crippen molar-refractivity contribution in [2.45, 2.75) is 31.8 Å². The predicted molar refractivity (Wildman–Crippen MR) is 55.5 cm³/mol. The summed E-state index contributed by atoms with van der Waals surface area (Å²) in [4.78, 5) is 11.3. The van der Waals surface area contributed by atoms with E-state index in [1.807, 2.05) is 6.92 Å². The Hall–Kier alpha value is -1.05. The summed E-state index contributed by atoms with van der Waals surface area (Å²) in [6.07, 6.45) is 6.08. The van der Waals surface area contributed by atoms with Gasteiger partial charge in [0.05, 0.1) is 6.04 Å². The fourth-order valence-corrected chi connectivity index (χ4v) is 0.936. The molecule has 2 unspecified atom stereocenters. The van der Waals surface area contributed by atoms with Crippen LogP contribution in [0.25, 0.3) is 0 Å². The Morgan fingerprint density at radius 2 is 2.36 bits per heavy atom. The van der Waals surface area contributed by atoms with Gasteiger partial charge in [0.1, 0.15) is 0 Å². The molecule has 0 fully saturated rings. The summed E-state index contributed by atoms with van der Waals surface area (Å²) in [7, 11) is 1.62. The minimum atomic E-state index is -0.606. The predicted octanol–water partition coefficient (Wildman–Crippen LogP) is -0.122. The van der Waals surface area contributed by atoms with Gasteiger partial charge in [-0.25, -0.2) is 0 Å². The lowest BCUT2D eigenvalue weighted by molar-refractivity contribution is -0.122. The second kappa shape index (κ2) is 7.36. The van der Waals surface area contributed by atoms with E-state index in [-0.39, 0.29) is 18.4 Å². The largest absolute Gasteiger partial charge is 0.385 e. The minimum Gasteiger partial charge on any atom is -0.385 e. The number of amides is 1. The summed E-state index contributed by atoms with van der Waals surface area (Å²) in [6.45, 7) is 2.52. The normalized spacial score (nSPS) is 14.1. The van der Waals surface area contributed by atoms with Crippen LogP contribution < -0.4 is 11.1 Å². The summed E-state index contributed by atoms with van der Waals surface area (Å²) in [6, 6.07) is -0.545. The van der Waals surface area contributed by atoms with Gasteiger partial charge < -0.3 is 15.8 Å². The zero-order valence-corrected chi connectivity index (χ0v) is 8.75. The highest BCUT2D eigenvalue weighted by molar-refractivity contribution is 5.82. The molecule has 4 heteroatoms. The zero-order chi connectivity index (χ0) is 11.0. The van der Waals surface area contributed by atoms with Crippen LogP contribution in [0.15, 0.2) is 0 Å². The standard InChI is InChI=1S/C10H18N2O2/c1-4-5-9(11)10(13)12-8(2)6-7-14-3/h1,8-9H,5-7,11H2,2-3H3,(H,12,13). The number of carbonyl (C=O) groups is 1. The number of carbonyl (C=O) groups excluding carboxylic acids is 1. The number of hydrogen-bond donors (Lipinski definition) is 2. The zero-order valence-electron chi connectivity index (χ0n) is 8.75. The molecule has 0 saturated carbocycles. The van der Waals surface area contributed by atoms with Crippen molar-refractivity contribution in [1.29, 1.82) is 0 Å². The van der Waals surface area contributed by atoms with Crippen LogP contribution in [0, 0.1) is 12.3 Å². The Labute approximate surface area is 85.2 Å². The van der Waals surface area contributed by atoms with Gasteiger partial charge in [-0.1, -0.05) is 0 Å². The van der Waals surface area contributed by atoms with Crippen molar-refractivity contribution in [2.75, 3.05) is 13.7 Å². The number of terminal acetylenes is 1. The lowest BCUT2D eigenvalue weighted by Crippen LogP contribution is -2.44. The Bertz CT molecular complexity index is 211. The van der Waals surface area contributed by atoms with Crippen LogP contribution in [0.1, 0.15) is 19.8 Å². The minimum absolute atomic E-state index is 0.0614. The third kappa shape index (κ3) is 5.57. The molecule has 0 radical (unpaired) electrons. The first-order chi connectivity index (χ1) is 6.61. The SMILES string of the molecule is C#CCC(N)C(=O)NC(C)CCOC. The highest BCUT2D eigenvalue weighted by atomic mass is 16.5. The van der Waals surface area contributed by atoms with Gasteiger partial charge in [-0.3, -0.25) is 4.79 Å². The molecule has 0 saturated heterocycles. The average molecular weight is 198 g/mol. The van der Waals surface area contributed by atoms with E-state index in [0.29, 0.717) is 6.61 Å². The van der Waals surface area contributed by atoms with Crippen LogP contribution in [0.3, 0.4) is 0 Å². The van der Waals surface area contributed by atoms with Crippen molar-refractivity contribution in [1.82, 2.24) is 5.32 Å². The Kier molecular flexibility index (Phi) is 6.81. The van der Waals surface area contributed by atoms with Gasteiger partial charge in [0, 0.05) is 26.2 Å². The van der Waals surface area contributed by atoms with E-state index in [0.717, 1.165) is 6.42 Å². The number of ether oxygens (including phenoxy) is 1. The molecular formula is C10H18N2O2. The fourth-order valence-electron chi connectivity index (χ4n) is 0.936. The first kappa shape index (κ1) is 12.9. The average Bonchev–Trinajstić information content (AvgIpc) is 2.15. The molecule has 0 aromatic heterocycles. The number of nitrogens with two attached hydrogens (primary N) is 1. The summed E-state index contributed by atoms with van der Waals surface area (Å²) < 4.78 is 4.89. The summed E-state index contributed by atoms with van der Waals surface area (Å²) in [5.41, 5.74) is 5.52. The van der Waals surface area contributed by atoms with Crippen molar-refractivity contribution in [3.05, 3.63) is 0 Å². The van der Waals surface area contributed by atoms with E-state index in [9.17, 15) is 4.79 Å². The molecule has 0 spiro atoms. The molecule has 4 nitrogen and oxygen atoms in total. The molecule has 0 aromatic rings. The molecule has 0 bridgehead atoms. The van der Waals surface area contributed by atoms with Gasteiger partial charge in [0.2, 0.25) is 5.91 Å². The summed E-state index contributed by atoms with van der Waals surface area (Å²) in [5, 5.41) is 2.76.